The molecule has 0 unspecified atom stereocenters. The Morgan fingerprint density at radius 2 is 0.862 bits per heavy atom. The van der Waals surface area contributed by atoms with Gasteiger partial charge in [0.1, 0.15) is 23.2 Å². The van der Waals surface area contributed by atoms with Gasteiger partial charge in [-0.25, -0.2) is 0 Å². The second kappa shape index (κ2) is 9.21. The smallest absolute Gasteiger partial charge is 0.0651 e. The van der Waals surface area contributed by atoms with Gasteiger partial charge in [-0.2, -0.15) is 0 Å². The summed E-state index contributed by atoms with van der Waals surface area (Å²) in [5.74, 6) is 0. The fourth-order valence-corrected chi connectivity index (χ4v) is 8.39. The third-order valence-corrected chi connectivity index (χ3v) is 9.95. The maximum Gasteiger partial charge on any atom is 0.116 e. The van der Waals surface area contributed by atoms with Crippen LogP contribution >= 0.6 is 7.26 Å². The average Bonchev–Trinajstić information content (AvgIpc) is 2.80. The molecule has 0 heterocycles. The molecule has 0 aliphatic carbocycles. The Hall–Kier alpha value is -2.69. The lowest BCUT2D eigenvalue weighted by Gasteiger charge is -2.28. The Kier molecular flexibility index (Phi) is 6.23. The Morgan fingerprint density at radius 1 is 0.483 bits per heavy atom. The molecular formula is C28H28P+. The SMILES string of the molecule is CCCc1ccc(C[P+](c2ccccc2)(c2ccccc2)c2ccccc2)cc1. The van der Waals surface area contributed by atoms with E-state index in [1.54, 1.807) is 0 Å². The van der Waals surface area contributed by atoms with Crippen LogP contribution in [-0.2, 0) is 12.6 Å². The van der Waals surface area contributed by atoms with E-state index in [2.05, 4.69) is 122 Å². The number of hydrogen-bond acceptors (Lipinski definition) is 0. The topological polar surface area (TPSA) is 0 Å². The van der Waals surface area contributed by atoms with Gasteiger partial charge in [0, 0.05) is 0 Å². The Bertz CT molecular complexity index is 909. The fourth-order valence-electron chi connectivity index (χ4n) is 4.14. The van der Waals surface area contributed by atoms with E-state index < -0.39 is 7.26 Å². The quantitative estimate of drug-likeness (QED) is 0.330. The van der Waals surface area contributed by atoms with E-state index in [-0.39, 0.29) is 0 Å². The standard InChI is InChI=1S/C28H28P/c1-2-12-24-19-21-25(22-20-24)23-29(26-13-6-3-7-14-26,27-15-8-4-9-16-27)28-17-10-5-11-18-28/h3-11,13-22H,2,12,23H2,1H3/q+1. The highest BCUT2D eigenvalue weighted by Crippen LogP contribution is 2.58. The number of benzene rings is 4. The highest BCUT2D eigenvalue weighted by atomic mass is 31.2. The van der Waals surface area contributed by atoms with Gasteiger partial charge in [0.25, 0.3) is 0 Å². The van der Waals surface area contributed by atoms with Crippen LogP contribution < -0.4 is 15.9 Å². The third kappa shape index (κ3) is 4.19. The summed E-state index contributed by atoms with van der Waals surface area (Å²) < 4.78 is 0. The minimum Gasteiger partial charge on any atom is -0.0651 e. The van der Waals surface area contributed by atoms with E-state index in [9.17, 15) is 0 Å². The summed E-state index contributed by atoms with van der Waals surface area (Å²) in [7, 11) is -1.81. The minimum atomic E-state index is -1.81. The summed E-state index contributed by atoms with van der Waals surface area (Å²) in [4.78, 5) is 0. The highest BCUT2D eigenvalue weighted by molar-refractivity contribution is 7.95. The van der Waals surface area contributed by atoms with Gasteiger partial charge in [0.05, 0.1) is 6.16 Å². The number of rotatable bonds is 7. The van der Waals surface area contributed by atoms with E-state index in [1.165, 1.54) is 33.5 Å². The first-order valence-corrected chi connectivity index (χ1v) is 12.4. The van der Waals surface area contributed by atoms with Crippen LogP contribution in [0.2, 0.25) is 0 Å². The van der Waals surface area contributed by atoms with Crippen LogP contribution in [0.25, 0.3) is 0 Å². The molecule has 0 radical (unpaired) electrons. The number of hydrogen-bond donors (Lipinski definition) is 0. The zero-order chi connectivity index (χ0) is 19.9. The first kappa shape index (κ1) is 19.6. The van der Waals surface area contributed by atoms with Crippen LogP contribution in [0.3, 0.4) is 0 Å². The minimum absolute atomic E-state index is 1.04. The van der Waals surface area contributed by atoms with Crippen molar-refractivity contribution in [3.63, 3.8) is 0 Å². The second-order valence-corrected chi connectivity index (χ2v) is 11.0. The first-order chi connectivity index (χ1) is 14.3. The van der Waals surface area contributed by atoms with Crippen molar-refractivity contribution in [3.05, 3.63) is 126 Å². The average molecular weight is 396 g/mol. The van der Waals surface area contributed by atoms with E-state index in [4.69, 9.17) is 0 Å². The summed E-state index contributed by atoms with van der Waals surface area (Å²) in [5.41, 5.74) is 2.84. The summed E-state index contributed by atoms with van der Waals surface area (Å²) in [6, 6.07) is 42.7. The molecule has 0 N–H and O–H groups in total. The van der Waals surface area contributed by atoms with E-state index in [1.807, 2.05) is 0 Å². The van der Waals surface area contributed by atoms with Crippen molar-refractivity contribution in [2.75, 3.05) is 0 Å². The maximum absolute atomic E-state index is 2.34. The van der Waals surface area contributed by atoms with E-state index in [0.29, 0.717) is 0 Å². The zero-order valence-corrected chi connectivity index (χ0v) is 17.9. The lowest BCUT2D eigenvalue weighted by Crippen LogP contribution is -2.32. The molecule has 29 heavy (non-hydrogen) atoms. The van der Waals surface area contributed by atoms with Gasteiger partial charge in [-0.1, -0.05) is 92.2 Å². The zero-order valence-electron chi connectivity index (χ0n) is 17.0. The van der Waals surface area contributed by atoms with Crippen molar-refractivity contribution in [2.45, 2.75) is 25.9 Å². The molecule has 0 bridgehead atoms. The van der Waals surface area contributed by atoms with Crippen LogP contribution in [0.1, 0.15) is 24.5 Å². The molecule has 4 aromatic carbocycles. The second-order valence-electron chi connectivity index (χ2n) is 7.54. The normalized spacial score (nSPS) is 11.3. The van der Waals surface area contributed by atoms with Crippen molar-refractivity contribution >= 4 is 23.2 Å². The predicted octanol–water partition coefficient (Wildman–Crippen LogP) is 6.13. The molecule has 0 saturated heterocycles. The molecule has 0 aliphatic rings. The first-order valence-electron chi connectivity index (χ1n) is 10.5. The van der Waals surface area contributed by atoms with E-state index >= 15 is 0 Å². The van der Waals surface area contributed by atoms with Crippen molar-refractivity contribution < 1.29 is 0 Å². The van der Waals surface area contributed by atoms with Crippen LogP contribution in [-0.4, -0.2) is 0 Å². The molecular weight excluding hydrogens is 367 g/mol. The predicted molar refractivity (Wildman–Crippen MR) is 129 cm³/mol. The van der Waals surface area contributed by atoms with Gasteiger partial charge in [-0.05, 0) is 53.9 Å². The van der Waals surface area contributed by atoms with Crippen LogP contribution in [0.15, 0.2) is 115 Å². The fraction of sp³-hybridized carbons (Fsp3) is 0.143. The van der Waals surface area contributed by atoms with E-state index in [0.717, 1.165) is 12.6 Å². The molecule has 0 saturated carbocycles. The van der Waals surface area contributed by atoms with Crippen LogP contribution in [0.4, 0.5) is 0 Å². The molecule has 0 amide bonds. The molecule has 0 atom stereocenters. The maximum atomic E-state index is 2.34. The molecule has 144 valence electrons. The molecule has 4 aromatic rings. The van der Waals surface area contributed by atoms with Crippen LogP contribution in [0, 0.1) is 0 Å². The van der Waals surface area contributed by atoms with Gasteiger partial charge in [0.15, 0.2) is 0 Å². The van der Waals surface area contributed by atoms with Gasteiger partial charge >= 0.3 is 0 Å². The number of aryl methyl sites for hydroxylation is 1. The molecule has 0 nitrogen and oxygen atoms in total. The lowest BCUT2D eigenvalue weighted by atomic mass is 10.1. The molecule has 0 aliphatic heterocycles. The van der Waals surface area contributed by atoms with Crippen molar-refractivity contribution in [1.82, 2.24) is 0 Å². The van der Waals surface area contributed by atoms with Gasteiger partial charge < -0.3 is 0 Å². The Balaban J connectivity index is 1.90. The largest absolute Gasteiger partial charge is 0.116 e. The monoisotopic (exact) mass is 395 g/mol. The van der Waals surface area contributed by atoms with Crippen LogP contribution in [0.5, 0.6) is 0 Å². The summed E-state index contributed by atoms with van der Waals surface area (Å²) in [5, 5.41) is 4.32. The van der Waals surface area contributed by atoms with Crippen molar-refractivity contribution in [1.29, 1.82) is 0 Å². The van der Waals surface area contributed by atoms with Gasteiger partial charge in [-0.15, -0.1) is 0 Å². The van der Waals surface area contributed by atoms with Gasteiger partial charge in [0.2, 0.25) is 0 Å². The highest BCUT2D eigenvalue weighted by Gasteiger charge is 2.45. The molecule has 0 spiro atoms. The Morgan fingerprint density at radius 3 is 1.24 bits per heavy atom. The lowest BCUT2D eigenvalue weighted by molar-refractivity contribution is 0.921. The summed E-state index contributed by atoms with van der Waals surface area (Å²) >= 11 is 0. The van der Waals surface area contributed by atoms with Gasteiger partial charge in [-0.3, -0.25) is 0 Å². The Labute approximate surface area is 175 Å². The molecule has 0 fully saturated rings. The summed E-state index contributed by atoms with van der Waals surface area (Å²) in [6.07, 6.45) is 3.38. The molecule has 0 aromatic heterocycles. The molecule has 4 rings (SSSR count). The third-order valence-electron chi connectivity index (χ3n) is 5.57. The van der Waals surface area contributed by atoms with Crippen molar-refractivity contribution in [2.24, 2.45) is 0 Å². The van der Waals surface area contributed by atoms with Crippen molar-refractivity contribution in [3.8, 4) is 0 Å². The summed E-state index contributed by atoms with van der Waals surface area (Å²) in [6.45, 7) is 2.24. The molecule has 1 heteroatoms.